The Morgan fingerprint density at radius 3 is 3.00 bits per heavy atom. The Morgan fingerprint density at radius 2 is 2.37 bits per heavy atom. The van der Waals surface area contributed by atoms with Gasteiger partial charge in [0.05, 0.1) is 11.0 Å². The van der Waals surface area contributed by atoms with Crippen LogP contribution in [0, 0.1) is 10.1 Å². The molecule has 1 heterocycles. The SMILES string of the molecule is NNc1c(CN2CCCC(O)C2)cccc1[N+](=O)[O-]. The molecule has 1 aromatic carbocycles. The highest BCUT2D eigenvalue weighted by atomic mass is 16.6. The van der Waals surface area contributed by atoms with Crippen molar-refractivity contribution < 1.29 is 10.0 Å². The second kappa shape index (κ2) is 5.96. The molecule has 1 aliphatic rings. The molecule has 1 atom stereocenters. The first kappa shape index (κ1) is 13.7. The number of β-amino-alcohol motifs (C(OH)–C–C–N with tert-alkyl or cyclic N) is 1. The number of hydrogen-bond donors (Lipinski definition) is 3. The zero-order valence-corrected chi connectivity index (χ0v) is 10.6. The minimum atomic E-state index is -0.455. The Hall–Kier alpha value is -1.70. The van der Waals surface area contributed by atoms with E-state index in [1.165, 1.54) is 6.07 Å². The Bertz CT molecular complexity index is 466. The van der Waals surface area contributed by atoms with Crippen LogP contribution in [0.4, 0.5) is 11.4 Å². The Morgan fingerprint density at radius 1 is 1.58 bits per heavy atom. The van der Waals surface area contributed by atoms with E-state index in [9.17, 15) is 15.2 Å². The molecule has 0 bridgehead atoms. The number of nitro benzene ring substituents is 1. The molecule has 7 heteroatoms. The van der Waals surface area contributed by atoms with Crippen LogP contribution in [0.5, 0.6) is 0 Å². The summed E-state index contributed by atoms with van der Waals surface area (Å²) in [7, 11) is 0. The summed E-state index contributed by atoms with van der Waals surface area (Å²) in [6.07, 6.45) is 1.43. The third-order valence-electron chi connectivity index (χ3n) is 3.34. The third kappa shape index (κ3) is 3.19. The van der Waals surface area contributed by atoms with Crippen molar-refractivity contribution in [2.45, 2.75) is 25.5 Å². The molecule has 0 spiro atoms. The van der Waals surface area contributed by atoms with Gasteiger partial charge in [0.1, 0.15) is 5.69 Å². The zero-order chi connectivity index (χ0) is 13.8. The van der Waals surface area contributed by atoms with Crippen LogP contribution in [0.3, 0.4) is 0 Å². The van der Waals surface area contributed by atoms with Crippen LogP contribution in [0.1, 0.15) is 18.4 Å². The largest absolute Gasteiger partial charge is 0.392 e. The summed E-state index contributed by atoms with van der Waals surface area (Å²) in [5, 5.41) is 20.6. The van der Waals surface area contributed by atoms with Crippen LogP contribution >= 0.6 is 0 Å². The second-order valence-electron chi connectivity index (χ2n) is 4.74. The van der Waals surface area contributed by atoms with E-state index in [4.69, 9.17) is 5.84 Å². The summed E-state index contributed by atoms with van der Waals surface area (Å²) in [6, 6.07) is 4.88. The van der Waals surface area contributed by atoms with Gasteiger partial charge in [-0.3, -0.25) is 20.9 Å². The van der Waals surface area contributed by atoms with Crippen LogP contribution in [0.2, 0.25) is 0 Å². The first-order valence-corrected chi connectivity index (χ1v) is 6.25. The average molecular weight is 266 g/mol. The van der Waals surface area contributed by atoms with Crippen molar-refractivity contribution >= 4 is 11.4 Å². The molecule has 1 saturated heterocycles. The van der Waals surface area contributed by atoms with Crippen LogP contribution in [-0.4, -0.2) is 34.1 Å². The fourth-order valence-electron chi connectivity index (χ4n) is 2.45. The number of nitrogens with one attached hydrogen (secondary N) is 1. The molecule has 1 unspecified atom stereocenters. The number of nitrogens with zero attached hydrogens (tertiary/aromatic N) is 2. The van der Waals surface area contributed by atoms with Gasteiger partial charge in [0, 0.05) is 19.2 Å². The molecule has 0 radical (unpaired) electrons. The topological polar surface area (TPSA) is 105 Å². The number of aliphatic hydroxyl groups excluding tert-OH is 1. The summed E-state index contributed by atoms with van der Waals surface area (Å²) in [6.45, 7) is 2.01. The van der Waals surface area contributed by atoms with Crippen molar-refractivity contribution in [2.75, 3.05) is 18.5 Å². The molecule has 0 amide bonds. The Balaban J connectivity index is 2.19. The van der Waals surface area contributed by atoms with E-state index in [0.717, 1.165) is 24.9 Å². The first-order chi connectivity index (χ1) is 9.11. The number of hydrogen-bond acceptors (Lipinski definition) is 6. The minimum absolute atomic E-state index is 0.0300. The van der Waals surface area contributed by atoms with Gasteiger partial charge in [-0.2, -0.15) is 0 Å². The van der Waals surface area contributed by atoms with Gasteiger partial charge in [-0.25, -0.2) is 0 Å². The lowest BCUT2D eigenvalue weighted by Gasteiger charge is -2.30. The second-order valence-corrected chi connectivity index (χ2v) is 4.74. The third-order valence-corrected chi connectivity index (χ3v) is 3.34. The van der Waals surface area contributed by atoms with E-state index in [-0.39, 0.29) is 11.8 Å². The van der Waals surface area contributed by atoms with E-state index >= 15 is 0 Å². The van der Waals surface area contributed by atoms with Crippen molar-refractivity contribution in [3.05, 3.63) is 33.9 Å². The van der Waals surface area contributed by atoms with E-state index < -0.39 is 4.92 Å². The lowest BCUT2D eigenvalue weighted by atomic mass is 10.1. The van der Waals surface area contributed by atoms with Crippen LogP contribution in [-0.2, 0) is 6.54 Å². The number of likely N-dealkylation sites (tertiary alicyclic amines) is 1. The summed E-state index contributed by atoms with van der Waals surface area (Å²) >= 11 is 0. The maximum Gasteiger partial charge on any atom is 0.293 e. The van der Waals surface area contributed by atoms with Crippen molar-refractivity contribution in [1.82, 2.24) is 4.90 Å². The summed E-state index contributed by atoms with van der Waals surface area (Å²) in [5.41, 5.74) is 3.50. The summed E-state index contributed by atoms with van der Waals surface area (Å²) < 4.78 is 0. The Labute approximate surface area is 111 Å². The van der Waals surface area contributed by atoms with Gasteiger partial charge >= 0.3 is 0 Å². The molecular formula is C12H18N4O3. The van der Waals surface area contributed by atoms with Crippen molar-refractivity contribution in [2.24, 2.45) is 5.84 Å². The minimum Gasteiger partial charge on any atom is -0.392 e. The number of nitrogen functional groups attached to an aromatic ring is 1. The molecule has 4 N–H and O–H groups in total. The molecule has 2 rings (SSSR count). The quantitative estimate of drug-likeness (QED) is 0.423. The van der Waals surface area contributed by atoms with Gasteiger partial charge in [-0.05, 0) is 24.9 Å². The number of rotatable bonds is 4. The molecule has 7 nitrogen and oxygen atoms in total. The molecule has 1 aliphatic heterocycles. The van der Waals surface area contributed by atoms with Gasteiger partial charge in [0.25, 0.3) is 5.69 Å². The van der Waals surface area contributed by atoms with E-state index in [1.54, 1.807) is 6.07 Å². The molecule has 0 saturated carbocycles. The zero-order valence-electron chi connectivity index (χ0n) is 10.6. The predicted molar refractivity (Wildman–Crippen MR) is 71.4 cm³/mol. The number of anilines is 1. The van der Waals surface area contributed by atoms with Crippen LogP contribution in [0.25, 0.3) is 0 Å². The lowest BCUT2D eigenvalue weighted by Crippen LogP contribution is -2.37. The highest BCUT2D eigenvalue weighted by molar-refractivity contribution is 5.65. The fraction of sp³-hybridized carbons (Fsp3) is 0.500. The lowest BCUT2D eigenvalue weighted by molar-refractivity contribution is -0.384. The van der Waals surface area contributed by atoms with Crippen LogP contribution in [0.15, 0.2) is 18.2 Å². The molecular weight excluding hydrogens is 248 g/mol. The predicted octanol–water partition coefficient (Wildman–Crippen LogP) is 0.837. The van der Waals surface area contributed by atoms with E-state index in [2.05, 4.69) is 10.3 Å². The monoisotopic (exact) mass is 266 g/mol. The van der Waals surface area contributed by atoms with Gasteiger partial charge in [-0.1, -0.05) is 12.1 Å². The molecule has 0 aromatic heterocycles. The number of nitro groups is 1. The first-order valence-electron chi connectivity index (χ1n) is 6.25. The highest BCUT2D eigenvalue weighted by Crippen LogP contribution is 2.28. The maximum absolute atomic E-state index is 10.9. The number of piperidine rings is 1. The molecule has 19 heavy (non-hydrogen) atoms. The van der Waals surface area contributed by atoms with Crippen molar-refractivity contribution in [1.29, 1.82) is 0 Å². The van der Waals surface area contributed by atoms with Crippen molar-refractivity contribution in [3.8, 4) is 0 Å². The average Bonchev–Trinajstić information content (AvgIpc) is 2.38. The number of hydrazine groups is 1. The molecule has 1 fully saturated rings. The summed E-state index contributed by atoms with van der Waals surface area (Å²) in [4.78, 5) is 12.6. The van der Waals surface area contributed by atoms with E-state index in [0.29, 0.717) is 18.8 Å². The number of aliphatic hydroxyl groups is 1. The number of nitrogens with two attached hydrogens (primary N) is 1. The fourth-order valence-corrected chi connectivity index (χ4v) is 2.45. The molecule has 1 aromatic rings. The Kier molecular flexibility index (Phi) is 4.31. The van der Waals surface area contributed by atoms with Gasteiger partial charge in [0.2, 0.25) is 0 Å². The highest BCUT2D eigenvalue weighted by Gasteiger charge is 2.21. The van der Waals surface area contributed by atoms with Gasteiger partial charge in [0.15, 0.2) is 0 Å². The summed E-state index contributed by atoms with van der Waals surface area (Å²) in [5.74, 6) is 5.40. The van der Waals surface area contributed by atoms with Crippen molar-refractivity contribution in [3.63, 3.8) is 0 Å². The molecule has 0 aliphatic carbocycles. The van der Waals surface area contributed by atoms with Gasteiger partial charge < -0.3 is 10.5 Å². The normalized spacial score (nSPS) is 20.2. The standard InChI is InChI=1S/C12H18N4O3/c13-14-12-9(3-1-5-11(12)16(18)19)7-15-6-2-4-10(17)8-15/h1,3,5,10,14,17H,2,4,6-8,13H2. The van der Waals surface area contributed by atoms with E-state index in [1.807, 2.05) is 6.07 Å². The number of benzene rings is 1. The smallest absolute Gasteiger partial charge is 0.293 e. The molecule has 104 valence electrons. The number of para-hydroxylation sites is 1. The van der Waals surface area contributed by atoms with Gasteiger partial charge in [-0.15, -0.1) is 0 Å². The maximum atomic E-state index is 10.9. The van der Waals surface area contributed by atoms with Crippen LogP contribution < -0.4 is 11.3 Å².